The Hall–Kier alpha value is -2.03. The lowest BCUT2D eigenvalue weighted by Crippen LogP contribution is -2.25. The zero-order valence-corrected chi connectivity index (χ0v) is 11.7. The number of benzene rings is 1. The van der Waals surface area contributed by atoms with Crippen LogP contribution in [-0.4, -0.2) is 17.4 Å². The summed E-state index contributed by atoms with van der Waals surface area (Å²) in [6, 6.07) is 9.77. The van der Waals surface area contributed by atoms with E-state index in [4.69, 9.17) is 0 Å². The van der Waals surface area contributed by atoms with Gasteiger partial charge in [-0.05, 0) is 51.0 Å². The van der Waals surface area contributed by atoms with Gasteiger partial charge in [0.05, 0.1) is 0 Å². The molecule has 2 N–H and O–H groups in total. The van der Waals surface area contributed by atoms with Crippen molar-refractivity contribution in [2.45, 2.75) is 27.2 Å². The van der Waals surface area contributed by atoms with Gasteiger partial charge >= 0.3 is 0 Å². The first kappa shape index (κ1) is 13.4. The Morgan fingerprint density at radius 1 is 1.21 bits per heavy atom. The zero-order chi connectivity index (χ0) is 13.8. The Morgan fingerprint density at radius 3 is 2.63 bits per heavy atom. The average Bonchev–Trinajstić information content (AvgIpc) is 2.68. The van der Waals surface area contributed by atoms with E-state index in [1.165, 1.54) is 11.3 Å². The maximum absolute atomic E-state index is 12.0. The predicted octanol–water partition coefficient (Wildman–Crippen LogP) is 2.91. The van der Waals surface area contributed by atoms with Crippen molar-refractivity contribution in [1.82, 2.24) is 10.3 Å². The van der Waals surface area contributed by atoms with Gasteiger partial charge in [0.2, 0.25) is 0 Å². The molecule has 1 heterocycles. The highest BCUT2D eigenvalue weighted by Gasteiger charge is 2.06. The van der Waals surface area contributed by atoms with Crippen LogP contribution in [0.25, 0.3) is 0 Å². The van der Waals surface area contributed by atoms with Crippen LogP contribution in [0.1, 0.15) is 32.9 Å². The van der Waals surface area contributed by atoms with Crippen LogP contribution in [0.4, 0.5) is 0 Å². The molecule has 0 aliphatic rings. The number of nitrogens with one attached hydrogen (secondary N) is 2. The maximum Gasteiger partial charge on any atom is 0.251 e. The summed E-state index contributed by atoms with van der Waals surface area (Å²) in [6.45, 7) is 6.75. The van der Waals surface area contributed by atoms with E-state index in [-0.39, 0.29) is 5.91 Å². The summed E-state index contributed by atoms with van der Waals surface area (Å²) in [5, 5.41) is 2.96. The number of rotatable bonds is 4. The van der Waals surface area contributed by atoms with Crippen molar-refractivity contribution in [1.29, 1.82) is 0 Å². The Kier molecular flexibility index (Phi) is 4.05. The van der Waals surface area contributed by atoms with Gasteiger partial charge in [-0.25, -0.2) is 0 Å². The molecule has 0 aliphatic carbocycles. The summed E-state index contributed by atoms with van der Waals surface area (Å²) in [5.41, 5.74) is 5.44. The summed E-state index contributed by atoms with van der Waals surface area (Å²) >= 11 is 0. The van der Waals surface area contributed by atoms with E-state index in [0.29, 0.717) is 6.54 Å². The predicted molar refractivity (Wildman–Crippen MR) is 77.5 cm³/mol. The molecule has 0 fully saturated rings. The molecule has 2 rings (SSSR count). The van der Waals surface area contributed by atoms with Gasteiger partial charge in [0, 0.05) is 23.5 Å². The molecule has 0 bridgehead atoms. The fourth-order valence-corrected chi connectivity index (χ4v) is 2.24. The number of hydrogen-bond acceptors (Lipinski definition) is 1. The van der Waals surface area contributed by atoms with E-state index in [2.05, 4.69) is 23.3 Å². The van der Waals surface area contributed by atoms with Crippen molar-refractivity contribution in [3.63, 3.8) is 0 Å². The second-order valence-corrected chi connectivity index (χ2v) is 4.98. The van der Waals surface area contributed by atoms with E-state index in [9.17, 15) is 4.79 Å². The third-order valence-corrected chi connectivity index (χ3v) is 3.22. The van der Waals surface area contributed by atoms with E-state index in [1.54, 1.807) is 0 Å². The highest BCUT2D eigenvalue weighted by atomic mass is 16.1. The molecule has 1 amide bonds. The average molecular weight is 256 g/mol. The van der Waals surface area contributed by atoms with Crippen LogP contribution in [0.3, 0.4) is 0 Å². The lowest BCUT2D eigenvalue weighted by Gasteiger charge is -2.05. The highest BCUT2D eigenvalue weighted by Crippen LogP contribution is 2.09. The quantitative estimate of drug-likeness (QED) is 0.868. The summed E-state index contributed by atoms with van der Waals surface area (Å²) in [5.74, 6) is -0.00592. The van der Waals surface area contributed by atoms with Gasteiger partial charge in [-0.2, -0.15) is 0 Å². The Labute approximate surface area is 114 Å². The second kappa shape index (κ2) is 5.74. The van der Waals surface area contributed by atoms with Gasteiger partial charge in [0.25, 0.3) is 5.91 Å². The SMILES string of the molecule is Cc1cccc(C(=O)NCCc2cc(C)[nH]c2C)c1. The number of aryl methyl sites for hydroxylation is 3. The monoisotopic (exact) mass is 256 g/mol. The summed E-state index contributed by atoms with van der Waals surface area (Å²) < 4.78 is 0. The molecule has 100 valence electrons. The van der Waals surface area contributed by atoms with Crippen molar-refractivity contribution < 1.29 is 4.79 Å². The third kappa shape index (κ3) is 3.47. The molecule has 2 aromatic rings. The standard InChI is InChI=1S/C16H20N2O/c1-11-5-4-6-15(9-11)16(19)17-8-7-14-10-12(2)18-13(14)3/h4-6,9-10,18H,7-8H2,1-3H3,(H,17,19). The maximum atomic E-state index is 12.0. The summed E-state index contributed by atoms with van der Waals surface area (Å²) in [7, 11) is 0. The molecular formula is C16H20N2O. The van der Waals surface area contributed by atoms with Crippen molar-refractivity contribution in [3.05, 3.63) is 58.4 Å². The molecule has 0 atom stereocenters. The Morgan fingerprint density at radius 2 is 2.00 bits per heavy atom. The molecule has 0 saturated carbocycles. The van der Waals surface area contributed by atoms with Crippen molar-refractivity contribution in [2.75, 3.05) is 6.54 Å². The molecule has 3 heteroatoms. The molecule has 1 aromatic heterocycles. The molecule has 0 aliphatic heterocycles. The van der Waals surface area contributed by atoms with E-state index >= 15 is 0 Å². The minimum atomic E-state index is -0.00592. The molecule has 0 spiro atoms. The van der Waals surface area contributed by atoms with Crippen LogP contribution in [-0.2, 0) is 6.42 Å². The number of amides is 1. The zero-order valence-electron chi connectivity index (χ0n) is 11.7. The minimum absolute atomic E-state index is 0.00592. The number of aromatic amines is 1. The normalized spacial score (nSPS) is 10.5. The molecular weight excluding hydrogens is 236 g/mol. The number of hydrogen-bond donors (Lipinski definition) is 2. The first-order chi connectivity index (χ1) is 9.06. The van der Waals surface area contributed by atoms with Gasteiger partial charge in [0.15, 0.2) is 0 Å². The van der Waals surface area contributed by atoms with Crippen molar-refractivity contribution in [2.24, 2.45) is 0 Å². The molecule has 1 aromatic carbocycles. The highest BCUT2D eigenvalue weighted by molar-refractivity contribution is 5.94. The fraction of sp³-hybridized carbons (Fsp3) is 0.312. The molecule has 0 saturated heterocycles. The van der Waals surface area contributed by atoms with Crippen LogP contribution < -0.4 is 5.32 Å². The van der Waals surface area contributed by atoms with E-state index < -0.39 is 0 Å². The van der Waals surface area contributed by atoms with Crippen LogP contribution in [0.5, 0.6) is 0 Å². The molecule has 0 radical (unpaired) electrons. The van der Waals surface area contributed by atoms with Gasteiger partial charge in [0.1, 0.15) is 0 Å². The third-order valence-electron chi connectivity index (χ3n) is 3.22. The summed E-state index contributed by atoms with van der Waals surface area (Å²) in [4.78, 5) is 15.2. The second-order valence-electron chi connectivity index (χ2n) is 4.98. The number of aromatic nitrogens is 1. The number of carbonyl (C=O) groups is 1. The Balaban J connectivity index is 1.89. The fourth-order valence-electron chi connectivity index (χ4n) is 2.24. The minimum Gasteiger partial charge on any atom is -0.362 e. The van der Waals surface area contributed by atoms with Gasteiger partial charge < -0.3 is 10.3 Å². The van der Waals surface area contributed by atoms with Crippen LogP contribution in [0.2, 0.25) is 0 Å². The largest absolute Gasteiger partial charge is 0.362 e. The van der Waals surface area contributed by atoms with Crippen LogP contribution in [0.15, 0.2) is 30.3 Å². The first-order valence-corrected chi connectivity index (χ1v) is 6.56. The smallest absolute Gasteiger partial charge is 0.251 e. The van der Waals surface area contributed by atoms with Crippen molar-refractivity contribution in [3.8, 4) is 0 Å². The molecule has 0 unspecified atom stereocenters. The number of carbonyl (C=O) groups excluding carboxylic acids is 1. The van der Waals surface area contributed by atoms with Gasteiger partial charge in [-0.1, -0.05) is 17.7 Å². The molecule has 19 heavy (non-hydrogen) atoms. The topological polar surface area (TPSA) is 44.9 Å². The van der Waals surface area contributed by atoms with E-state index in [0.717, 1.165) is 23.2 Å². The lowest BCUT2D eigenvalue weighted by atomic mass is 10.1. The summed E-state index contributed by atoms with van der Waals surface area (Å²) in [6.07, 6.45) is 0.855. The van der Waals surface area contributed by atoms with Crippen molar-refractivity contribution >= 4 is 5.91 Å². The van der Waals surface area contributed by atoms with E-state index in [1.807, 2.05) is 38.1 Å². The Bertz CT molecular complexity index is 584. The van der Waals surface area contributed by atoms with Crippen LogP contribution >= 0.6 is 0 Å². The van der Waals surface area contributed by atoms with Gasteiger partial charge in [-0.15, -0.1) is 0 Å². The lowest BCUT2D eigenvalue weighted by molar-refractivity contribution is 0.0954. The first-order valence-electron chi connectivity index (χ1n) is 6.56. The van der Waals surface area contributed by atoms with Crippen LogP contribution in [0, 0.1) is 20.8 Å². The van der Waals surface area contributed by atoms with Gasteiger partial charge in [-0.3, -0.25) is 4.79 Å². The number of H-pyrrole nitrogens is 1. The molecule has 3 nitrogen and oxygen atoms in total.